The molecule has 2 rings (SSSR count). The van der Waals surface area contributed by atoms with Crippen molar-refractivity contribution in [2.45, 2.75) is 20.0 Å². The Kier molecular flexibility index (Phi) is 4.47. The fourth-order valence-electron chi connectivity index (χ4n) is 1.92. The fourth-order valence-corrected chi connectivity index (χ4v) is 1.92. The summed E-state index contributed by atoms with van der Waals surface area (Å²) in [5.41, 5.74) is 3.03. The van der Waals surface area contributed by atoms with E-state index in [2.05, 4.69) is 14.9 Å². The van der Waals surface area contributed by atoms with E-state index in [0.717, 1.165) is 30.0 Å². The molecule has 0 saturated heterocycles. The predicted molar refractivity (Wildman–Crippen MR) is 76.1 cm³/mol. The molecule has 4 heteroatoms. The molecule has 1 N–H and O–H groups in total. The van der Waals surface area contributed by atoms with Crippen molar-refractivity contribution in [1.29, 1.82) is 0 Å². The predicted octanol–water partition coefficient (Wildman–Crippen LogP) is 1.96. The van der Waals surface area contributed by atoms with E-state index in [4.69, 9.17) is 5.11 Å². The van der Waals surface area contributed by atoms with Crippen LogP contribution in [0.2, 0.25) is 0 Å². The Labute approximate surface area is 113 Å². The minimum Gasteiger partial charge on any atom is -0.392 e. The minimum atomic E-state index is 0.0415. The van der Waals surface area contributed by atoms with Crippen LogP contribution in [0.4, 0.5) is 5.82 Å². The summed E-state index contributed by atoms with van der Waals surface area (Å²) in [5.74, 6) is 0.934. The molecule has 0 aliphatic carbocycles. The second-order valence-corrected chi connectivity index (χ2v) is 4.60. The average molecular weight is 257 g/mol. The van der Waals surface area contributed by atoms with Crippen LogP contribution >= 0.6 is 0 Å². The van der Waals surface area contributed by atoms with Gasteiger partial charge in [0.15, 0.2) is 0 Å². The smallest absolute Gasteiger partial charge is 0.128 e. The summed E-state index contributed by atoms with van der Waals surface area (Å²) >= 11 is 0. The number of anilines is 1. The van der Waals surface area contributed by atoms with Gasteiger partial charge in [0.2, 0.25) is 0 Å². The number of aliphatic hydroxyl groups is 1. The lowest BCUT2D eigenvalue weighted by atomic mass is 10.2. The van der Waals surface area contributed by atoms with E-state index in [9.17, 15) is 0 Å². The maximum atomic E-state index is 9.14. The number of hydrogen-bond acceptors (Lipinski definition) is 4. The van der Waals surface area contributed by atoms with Gasteiger partial charge in [0.25, 0.3) is 0 Å². The van der Waals surface area contributed by atoms with E-state index >= 15 is 0 Å². The summed E-state index contributed by atoms with van der Waals surface area (Å²) < 4.78 is 0. The van der Waals surface area contributed by atoms with Gasteiger partial charge in [-0.25, -0.2) is 4.98 Å². The first-order valence-electron chi connectivity index (χ1n) is 6.38. The van der Waals surface area contributed by atoms with E-state index in [-0.39, 0.29) is 6.61 Å². The SMILES string of the molecule is Cc1nc(N(C)CCc2ccncc2)ccc1CO. The highest BCUT2D eigenvalue weighted by molar-refractivity contribution is 5.40. The van der Waals surface area contributed by atoms with Crippen LogP contribution < -0.4 is 4.90 Å². The van der Waals surface area contributed by atoms with Crippen molar-refractivity contribution in [3.63, 3.8) is 0 Å². The molecular weight excluding hydrogens is 238 g/mol. The van der Waals surface area contributed by atoms with E-state index in [1.807, 2.05) is 50.6 Å². The van der Waals surface area contributed by atoms with E-state index in [1.165, 1.54) is 5.56 Å². The maximum Gasteiger partial charge on any atom is 0.128 e. The normalized spacial score (nSPS) is 10.5. The number of aryl methyl sites for hydroxylation is 1. The monoisotopic (exact) mass is 257 g/mol. The molecule has 100 valence electrons. The molecule has 2 aromatic rings. The van der Waals surface area contributed by atoms with E-state index in [1.54, 1.807) is 0 Å². The number of aliphatic hydroxyl groups excluding tert-OH is 1. The molecule has 0 aliphatic heterocycles. The number of pyridine rings is 2. The second kappa shape index (κ2) is 6.29. The van der Waals surface area contributed by atoms with Gasteiger partial charge in [-0.2, -0.15) is 0 Å². The Morgan fingerprint density at radius 3 is 2.53 bits per heavy atom. The number of rotatable bonds is 5. The van der Waals surface area contributed by atoms with Crippen LogP contribution in [0.3, 0.4) is 0 Å². The van der Waals surface area contributed by atoms with Crippen LogP contribution in [0.25, 0.3) is 0 Å². The molecule has 0 amide bonds. The summed E-state index contributed by atoms with van der Waals surface area (Å²) in [7, 11) is 2.03. The Morgan fingerprint density at radius 1 is 1.16 bits per heavy atom. The standard InChI is InChI=1S/C15H19N3O/c1-12-14(11-19)3-4-15(17-12)18(2)10-7-13-5-8-16-9-6-13/h3-6,8-9,19H,7,10-11H2,1-2H3. The van der Waals surface area contributed by atoms with Gasteiger partial charge in [0.1, 0.15) is 5.82 Å². The lowest BCUT2D eigenvalue weighted by Crippen LogP contribution is -2.21. The Bertz CT molecular complexity index is 528. The third kappa shape index (κ3) is 3.51. The number of nitrogens with zero attached hydrogens (tertiary/aromatic N) is 3. The van der Waals surface area contributed by atoms with E-state index < -0.39 is 0 Å². The zero-order valence-corrected chi connectivity index (χ0v) is 11.4. The summed E-state index contributed by atoms with van der Waals surface area (Å²) in [6.07, 6.45) is 4.59. The molecule has 19 heavy (non-hydrogen) atoms. The van der Waals surface area contributed by atoms with Crippen LogP contribution in [0.15, 0.2) is 36.7 Å². The number of hydrogen-bond donors (Lipinski definition) is 1. The van der Waals surface area contributed by atoms with Crippen LogP contribution in [-0.2, 0) is 13.0 Å². The van der Waals surface area contributed by atoms with Crippen LogP contribution in [-0.4, -0.2) is 28.7 Å². The second-order valence-electron chi connectivity index (χ2n) is 4.60. The van der Waals surface area contributed by atoms with Crippen LogP contribution in [0.5, 0.6) is 0 Å². The first-order chi connectivity index (χ1) is 9.20. The van der Waals surface area contributed by atoms with Gasteiger partial charge >= 0.3 is 0 Å². The number of likely N-dealkylation sites (N-methyl/N-ethyl adjacent to an activating group) is 1. The zero-order valence-electron chi connectivity index (χ0n) is 11.4. The van der Waals surface area contributed by atoms with Crippen molar-refractivity contribution in [2.75, 3.05) is 18.5 Å². The quantitative estimate of drug-likeness (QED) is 0.889. The zero-order chi connectivity index (χ0) is 13.7. The van der Waals surface area contributed by atoms with Gasteiger partial charge in [0, 0.05) is 31.7 Å². The van der Waals surface area contributed by atoms with Crippen molar-refractivity contribution in [1.82, 2.24) is 9.97 Å². The van der Waals surface area contributed by atoms with Crippen molar-refractivity contribution >= 4 is 5.82 Å². The third-order valence-electron chi connectivity index (χ3n) is 3.23. The largest absolute Gasteiger partial charge is 0.392 e. The Balaban J connectivity index is 2.00. The molecule has 4 nitrogen and oxygen atoms in total. The average Bonchev–Trinajstić information content (AvgIpc) is 2.45. The lowest BCUT2D eigenvalue weighted by molar-refractivity contribution is 0.280. The molecule has 0 aliphatic rings. The first-order valence-corrected chi connectivity index (χ1v) is 6.38. The Morgan fingerprint density at radius 2 is 1.89 bits per heavy atom. The molecule has 0 bridgehead atoms. The summed E-state index contributed by atoms with van der Waals surface area (Å²) in [6.45, 7) is 2.86. The molecule has 0 atom stereocenters. The molecule has 0 unspecified atom stereocenters. The van der Waals surface area contributed by atoms with Crippen LogP contribution in [0, 0.1) is 6.92 Å². The van der Waals surface area contributed by atoms with Crippen molar-refractivity contribution < 1.29 is 5.11 Å². The van der Waals surface area contributed by atoms with Crippen molar-refractivity contribution in [2.24, 2.45) is 0 Å². The van der Waals surface area contributed by atoms with Gasteiger partial charge < -0.3 is 10.0 Å². The van der Waals surface area contributed by atoms with E-state index in [0.29, 0.717) is 0 Å². The van der Waals surface area contributed by atoms with Gasteiger partial charge in [-0.05, 0) is 42.7 Å². The molecule has 0 radical (unpaired) electrons. The van der Waals surface area contributed by atoms with Gasteiger partial charge in [-0.15, -0.1) is 0 Å². The molecule has 2 heterocycles. The summed E-state index contributed by atoms with van der Waals surface area (Å²) in [6, 6.07) is 7.94. The lowest BCUT2D eigenvalue weighted by Gasteiger charge is -2.19. The van der Waals surface area contributed by atoms with Crippen molar-refractivity contribution in [3.05, 3.63) is 53.5 Å². The molecular formula is C15H19N3O. The van der Waals surface area contributed by atoms with Crippen molar-refractivity contribution in [3.8, 4) is 0 Å². The summed E-state index contributed by atoms with van der Waals surface area (Å²) in [4.78, 5) is 10.6. The summed E-state index contributed by atoms with van der Waals surface area (Å²) in [5, 5.41) is 9.14. The van der Waals surface area contributed by atoms with Gasteiger partial charge in [-0.1, -0.05) is 6.07 Å². The molecule has 0 spiro atoms. The maximum absolute atomic E-state index is 9.14. The Hall–Kier alpha value is -1.94. The molecule has 2 aromatic heterocycles. The highest BCUT2D eigenvalue weighted by atomic mass is 16.3. The van der Waals surface area contributed by atoms with Crippen LogP contribution in [0.1, 0.15) is 16.8 Å². The fraction of sp³-hybridized carbons (Fsp3) is 0.333. The number of aromatic nitrogens is 2. The third-order valence-corrected chi connectivity index (χ3v) is 3.23. The minimum absolute atomic E-state index is 0.0415. The highest BCUT2D eigenvalue weighted by Crippen LogP contribution is 2.14. The molecule has 0 fully saturated rings. The highest BCUT2D eigenvalue weighted by Gasteiger charge is 2.05. The first kappa shape index (κ1) is 13.5. The van der Waals surface area contributed by atoms with Gasteiger partial charge in [0.05, 0.1) is 6.61 Å². The molecule has 0 saturated carbocycles. The topological polar surface area (TPSA) is 49.2 Å². The van der Waals surface area contributed by atoms with Gasteiger partial charge in [-0.3, -0.25) is 4.98 Å². The molecule has 0 aromatic carbocycles.